The summed E-state index contributed by atoms with van der Waals surface area (Å²) in [6.07, 6.45) is 5.14. The summed E-state index contributed by atoms with van der Waals surface area (Å²) in [5, 5.41) is 0. The molecule has 4 rings (SSSR count). The van der Waals surface area contributed by atoms with E-state index in [-0.39, 0.29) is 34.8 Å². The van der Waals surface area contributed by atoms with Crippen molar-refractivity contribution in [2.24, 2.45) is 11.3 Å². The standard InChI is InChI=1S/C36H43FO7/c1-4-26(2)22-43-34(38)30-15-18-33(32(37)21-30)44-35(39)29-11-9-27(10-12-29)28-13-16-31(17-14-28)42-20-8-6-5-7-19-40-23-36(3)24-41-25-36/h9-18,21,26H,4-8,19-20,22-25H2,1-3H3/t26-/m0/s1. The first-order valence-electron chi connectivity index (χ1n) is 15.4. The number of unbranched alkanes of at least 4 members (excludes halogenated alkanes) is 3. The number of esters is 2. The van der Waals surface area contributed by atoms with Gasteiger partial charge in [-0.2, -0.15) is 0 Å². The van der Waals surface area contributed by atoms with Crippen LogP contribution in [-0.2, 0) is 14.2 Å². The smallest absolute Gasteiger partial charge is 0.343 e. The molecule has 0 bridgehead atoms. The van der Waals surface area contributed by atoms with Crippen molar-refractivity contribution >= 4 is 11.9 Å². The SMILES string of the molecule is CC[C@H](C)COC(=O)c1ccc(OC(=O)c2ccc(-c3ccc(OCCCCCCOCC4(C)COC4)cc3)cc2)c(F)c1. The molecule has 1 atom stereocenters. The molecule has 1 saturated heterocycles. The fourth-order valence-corrected chi connectivity index (χ4v) is 4.53. The molecular weight excluding hydrogens is 563 g/mol. The van der Waals surface area contributed by atoms with Gasteiger partial charge in [0.15, 0.2) is 11.6 Å². The van der Waals surface area contributed by atoms with Crippen LogP contribution in [-0.4, -0.2) is 51.6 Å². The Labute approximate surface area is 259 Å². The van der Waals surface area contributed by atoms with E-state index in [1.54, 1.807) is 12.1 Å². The molecule has 44 heavy (non-hydrogen) atoms. The lowest BCUT2D eigenvalue weighted by Crippen LogP contribution is -2.43. The Kier molecular flexibility index (Phi) is 12.3. The largest absolute Gasteiger partial charge is 0.494 e. The van der Waals surface area contributed by atoms with Crippen LogP contribution in [0.15, 0.2) is 66.7 Å². The molecule has 8 heteroatoms. The van der Waals surface area contributed by atoms with Crippen LogP contribution < -0.4 is 9.47 Å². The summed E-state index contributed by atoms with van der Waals surface area (Å²) in [4.78, 5) is 24.8. The second-order valence-electron chi connectivity index (χ2n) is 11.9. The fourth-order valence-electron chi connectivity index (χ4n) is 4.53. The van der Waals surface area contributed by atoms with E-state index in [4.69, 9.17) is 23.7 Å². The van der Waals surface area contributed by atoms with Gasteiger partial charge in [-0.25, -0.2) is 14.0 Å². The molecule has 7 nitrogen and oxygen atoms in total. The summed E-state index contributed by atoms with van der Waals surface area (Å²) < 4.78 is 42.0. The van der Waals surface area contributed by atoms with Gasteiger partial charge < -0.3 is 23.7 Å². The highest BCUT2D eigenvalue weighted by molar-refractivity contribution is 5.92. The van der Waals surface area contributed by atoms with Crippen LogP contribution in [0.3, 0.4) is 0 Å². The summed E-state index contributed by atoms with van der Waals surface area (Å²) in [6, 6.07) is 18.3. The van der Waals surface area contributed by atoms with Gasteiger partial charge in [-0.15, -0.1) is 0 Å². The van der Waals surface area contributed by atoms with Crippen molar-refractivity contribution < 1.29 is 37.7 Å². The quantitative estimate of drug-likeness (QED) is 0.0878. The van der Waals surface area contributed by atoms with Crippen LogP contribution in [0.2, 0.25) is 0 Å². The molecule has 236 valence electrons. The van der Waals surface area contributed by atoms with Gasteiger partial charge in [0.05, 0.1) is 44.2 Å². The van der Waals surface area contributed by atoms with E-state index in [0.717, 1.165) is 81.5 Å². The first-order valence-corrected chi connectivity index (χ1v) is 15.4. The molecule has 0 unspecified atom stereocenters. The zero-order valence-corrected chi connectivity index (χ0v) is 25.9. The van der Waals surface area contributed by atoms with Crippen molar-refractivity contribution in [3.63, 3.8) is 0 Å². The molecule has 0 amide bonds. The van der Waals surface area contributed by atoms with Gasteiger partial charge in [0.2, 0.25) is 0 Å². The third-order valence-electron chi connectivity index (χ3n) is 7.68. The van der Waals surface area contributed by atoms with E-state index < -0.39 is 17.8 Å². The van der Waals surface area contributed by atoms with Crippen molar-refractivity contribution in [1.82, 2.24) is 0 Å². The summed E-state index contributed by atoms with van der Waals surface area (Å²) in [7, 11) is 0. The van der Waals surface area contributed by atoms with E-state index >= 15 is 0 Å². The molecule has 0 N–H and O–H groups in total. The molecular formula is C36H43FO7. The maximum absolute atomic E-state index is 14.6. The minimum absolute atomic E-state index is 0.0631. The highest BCUT2D eigenvalue weighted by atomic mass is 19.1. The van der Waals surface area contributed by atoms with Crippen molar-refractivity contribution in [2.75, 3.05) is 39.6 Å². The van der Waals surface area contributed by atoms with E-state index in [0.29, 0.717) is 6.61 Å². The number of ether oxygens (including phenoxy) is 5. The average Bonchev–Trinajstić information content (AvgIpc) is 3.03. The summed E-state index contributed by atoms with van der Waals surface area (Å²) >= 11 is 0. The number of hydrogen-bond donors (Lipinski definition) is 0. The lowest BCUT2D eigenvalue weighted by Gasteiger charge is -2.37. The number of carbonyl (C=O) groups excluding carboxylic acids is 2. The van der Waals surface area contributed by atoms with Gasteiger partial charge >= 0.3 is 11.9 Å². The average molecular weight is 607 g/mol. The lowest BCUT2D eigenvalue weighted by atomic mass is 9.90. The highest BCUT2D eigenvalue weighted by Crippen LogP contribution is 2.27. The van der Waals surface area contributed by atoms with Gasteiger partial charge in [0.25, 0.3) is 0 Å². The van der Waals surface area contributed by atoms with Crippen molar-refractivity contribution in [1.29, 1.82) is 0 Å². The van der Waals surface area contributed by atoms with Crippen molar-refractivity contribution in [3.05, 3.63) is 83.7 Å². The molecule has 0 aliphatic carbocycles. The second-order valence-corrected chi connectivity index (χ2v) is 11.9. The summed E-state index contributed by atoms with van der Waals surface area (Å²) in [5.74, 6) is -1.36. The topological polar surface area (TPSA) is 80.3 Å². The molecule has 1 heterocycles. The summed E-state index contributed by atoms with van der Waals surface area (Å²) in [5.41, 5.74) is 2.44. The number of rotatable bonds is 17. The van der Waals surface area contributed by atoms with Gasteiger partial charge in [0.1, 0.15) is 5.75 Å². The normalized spacial score (nSPS) is 14.4. The number of benzene rings is 3. The zero-order valence-electron chi connectivity index (χ0n) is 25.9. The Bertz CT molecular complexity index is 1350. The van der Waals surface area contributed by atoms with Crippen LogP contribution in [0.25, 0.3) is 11.1 Å². The molecule has 1 aliphatic rings. The monoisotopic (exact) mass is 606 g/mol. The highest BCUT2D eigenvalue weighted by Gasteiger charge is 2.33. The molecule has 1 aliphatic heterocycles. The zero-order chi connectivity index (χ0) is 31.4. The number of carbonyl (C=O) groups is 2. The van der Waals surface area contributed by atoms with E-state index in [2.05, 4.69) is 6.92 Å². The maximum Gasteiger partial charge on any atom is 0.343 e. The van der Waals surface area contributed by atoms with Crippen LogP contribution in [0.5, 0.6) is 11.5 Å². The van der Waals surface area contributed by atoms with Crippen LogP contribution >= 0.6 is 0 Å². The number of halogens is 1. The Morgan fingerprint density at radius 2 is 1.50 bits per heavy atom. The van der Waals surface area contributed by atoms with Gasteiger partial charge in [0, 0.05) is 12.0 Å². The molecule has 3 aromatic rings. The maximum atomic E-state index is 14.6. The van der Waals surface area contributed by atoms with Crippen LogP contribution in [0.1, 0.15) is 73.6 Å². The van der Waals surface area contributed by atoms with Gasteiger partial charge in [-0.3, -0.25) is 0 Å². The third kappa shape index (κ3) is 9.89. The molecule has 0 spiro atoms. The van der Waals surface area contributed by atoms with Crippen LogP contribution in [0.4, 0.5) is 4.39 Å². The second kappa shape index (κ2) is 16.4. The molecule has 3 aromatic carbocycles. The Hall–Kier alpha value is -3.75. The Balaban J connectivity index is 1.17. The first kappa shape index (κ1) is 33.1. The predicted molar refractivity (Wildman–Crippen MR) is 167 cm³/mol. The third-order valence-corrected chi connectivity index (χ3v) is 7.68. The predicted octanol–water partition coefficient (Wildman–Crippen LogP) is 7.91. The van der Waals surface area contributed by atoms with Gasteiger partial charge in [-0.05, 0) is 78.8 Å². The molecule has 0 radical (unpaired) electrons. The minimum Gasteiger partial charge on any atom is -0.494 e. The van der Waals surface area contributed by atoms with E-state index in [9.17, 15) is 14.0 Å². The van der Waals surface area contributed by atoms with Crippen molar-refractivity contribution in [2.45, 2.75) is 52.9 Å². The van der Waals surface area contributed by atoms with Crippen LogP contribution in [0, 0.1) is 17.2 Å². The molecule has 1 fully saturated rings. The first-order chi connectivity index (χ1) is 21.3. The Morgan fingerprint density at radius 1 is 0.864 bits per heavy atom. The fraction of sp³-hybridized carbons (Fsp3) is 0.444. The lowest BCUT2D eigenvalue weighted by molar-refractivity contribution is -0.137. The number of hydrogen-bond acceptors (Lipinski definition) is 7. The van der Waals surface area contributed by atoms with Gasteiger partial charge in [-0.1, -0.05) is 57.9 Å². The van der Waals surface area contributed by atoms with E-state index in [1.165, 1.54) is 12.1 Å². The molecule has 0 aromatic heterocycles. The summed E-state index contributed by atoms with van der Waals surface area (Å²) in [6.45, 7) is 10.3. The molecule has 0 saturated carbocycles. The van der Waals surface area contributed by atoms with E-state index in [1.807, 2.05) is 50.2 Å². The Morgan fingerprint density at radius 3 is 2.11 bits per heavy atom. The van der Waals surface area contributed by atoms with Crippen molar-refractivity contribution in [3.8, 4) is 22.6 Å². The minimum atomic E-state index is -0.815.